The van der Waals surface area contributed by atoms with Crippen LogP contribution < -0.4 is 5.73 Å². The molecule has 1 fully saturated rings. The van der Waals surface area contributed by atoms with E-state index < -0.39 is 0 Å². The van der Waals surface area contributed by atoms with Gasteiger partial charge in [0.15, 0.2) is 0 Å². The zero-order chi connectivity index (χ0) is 12.8. The fourth-order valence-corrected chi connectivity index (χ4v) is 3.92. The number of nitrogens with zero attached hydrogens (tertiary/aromatic N) is 2. The Morgan fingerprint density at radius 1 is 1.56 bits per heavy atom. The Labute approximate surface area is 114 Å². The highest BCUT2D eigenvalue weighted by Gasteiger charge is 2.27. The summed E-state index contributed by atoms with van der Waals surface area (Å²) < 4.78 is 0. The molecule has 0 spiro atoms. The maximum Gasteiger partial charge on any atom is 0.0416 e. The minimum absolute atomic E-state index is 0.531. The normalized spacial score (nSPS) is 21.4. The quantitative estimate of drug-likeness (QED) is 0.849. The van der Waals surface area contributed by atoms with Crippen molar-refractivity contribution >= 4 is 11.8 Å². The fourth-order valence-electron chi connectivity index (χ4n) is 2.59. The van der Waals surface area contributed by atoms with Gasteiger partial charge in [0, 0.05) is 37.4 Å². The molecule has 0 saturated carbocycles. The third-order valence-electron chi connectivity index (χ3n) is 3.76. The van der Waals surface area contributed by atoms with Crippen molar-refractivity contribution in [2.24, 2.45) is 11.7 Å². The van der Waals surface area contributed by atoms with Crippen LogP contribution in [0.25, 0.3) is 0 Å². The summed E-state index contributed by atoms with van der Waals surface area (Å²) in [5.41, 5.74) is 7.12. The Morgan fingerprint density at radius 3 is 3.06 bits per heavy atom. The first-order valence-electron chi connectivity index (χ1n) is 6.69. The molecule has 1 aromatic heterocycles. The van der Waals surface area contributed by atoms with Gasteiger partial charge in [-0.15, -0.1) is 0 Å². The smallest absolute Gasteiger partial charge is 0.0416 e. The van der Waals surface area contributed by atoms with Gasteiger partial charge in [-0.25, -0.2) is 0 Å². The van der Waals surface area contributed by atoms with Gasteiger partial charge in [-0.2, -0.15) is 11.8 Å². The summed E-state index contributed by atoms with van der Waals surface area (Å²) in [5, 5.41) is 0. The molecule has 0 amide bonds. The summed E-state index contributed by atoms with van der Waals surface area (Å²) in [6.45, 7) is 1.81. The van der Waals surface area contributed by atoms with E-state index in [1.807, 2.05) is 12.3 Å². The van der Waals surface area contributed by atoms with E-state index in [4.69, 9.17) is 5.73 Å². The Hall–Kier alpha value is -0.580. The van der Waals surface area contributed by atoms with Crippen molar-refractivity contribution in [3.05, 3.63) is 30.1 Å². The highest BCUT2D eigenvalue weighted by Crippen LogP contribution is 2.28. The zero-order valence-corrected chi connectivity index (χ0v) is 11.9. The third kappa shape index (κ3) is 3.70. The number of pyridine rings is 1. The van der Waals surface area contributed by atoms with E-state index in [2.05, 4.69) is 40.8 Å². The second kappa shape index (κ2) is 7.12. The second-order valence-corrected chi connectivity index (χ2v) is 6.13. The maximum atomic E-state index is 5.96. The predicted molar refractivity (Wildman–Crippen MR) is 78.8 cm³/mol. The first-order valence-corrected chi connectivity index (χ1v) is 7.84. The monoisotopic (exact) mass is 265 g/mol. The number of thioether (sulfide) groups is 1. The topological polar surface area (TPSA) is 42.2 Å². The van der Waals surface area contributed by atoms with Crippen LogP contribution >= 0.6 is 11.8 Å². The summed E-state index contributed by atoms with van der Waals surface area (Å²) in [6.07, 6.45) is 4.19. The molecule has 1 aromatic rings. The summed E-state index contributed by atoms with van der Waals surface area (Å²) in [4.78, 5) is 6.79. The van der Waals surface area contributed by atoms with Gasteiger partial charge in [-0.1, -0.05) is 6.07 Å². The number of likely N-dealkylation sites (N-methyl/N-ethyl adjacent to an activating group) is 1. The highest BCUT2D eigenvalue weighted by atomic mass is 32.2. The van der Waals surface area contributed by atoms with E-state index in [9.17, 15) is 0 Å². The molecule has 3 nitrogen and oxygen atoms in total. The molecule has 4 heteroatoms. The van der Waals surface area contributed by atoms with Gasteiger partial charge in [-0.3, -0.25) is 4.98 Å². The van der Waals surface area contributed by atoms with Crippen molar-refractivity contribution in [2.75, 3.05) is 31.6 Å². The van der Waals surface area contributed by atoms with Crippen LogP contribution in [0.3, 0.4) is 0 Å². The summed E-state index contributed by atoms with van der Waals surface area (Å²) >= 11 is 2.06. The average Bonchev–Trinajstić information content (AvgIpc) is 2.92. The van der Waals surface area contributed by atoms with Crippen molar-refractivity contribution in [2.45, 2.75) is 18.9 Å². The van der Waals surface area contributed by atoms with Gasteiger partial charge in [0.2, 0.25) is 0 Å². The average molecular weight is 265 g/mol. The Kier molecular flexibility index (Phi) is 5.47. The van der Waals surface area contributed by atoms with Gasteiger partial charge in [0.1, 0.15) is 0 Å². The van der Waals surface area contributed by atoms with Crippen molar-refractivity contribution in [1.29, 1.82) is 0 Å². The van der Waals surface area contributed by atoms with E-state index in [-0.39, 0.29) is 0 Å². The molecule has 2 unspecified atom stereocenters. The largest absolute Gasteiger partial charge is 0.329 e. The van der Waals surface area contributed by atoms with Gasteiger partial charge in [-0.05, 0) is 43.0 Å². The van der Waals surface area contributed by atoms with Crippen molar-refractivity contribution in [3.8, 4) is 0 Å². The lowest BCUT2D eigenvalue weighted by Crippen LogP contribution is -2.44. The number of aromatic nitrogens is 1. The molecule has 1 saturated heterocycles. The maximum absolute atomic E-state index is 5.96. The van der Waals surface area contributed by atoms with Crippen LogP contribution in [-0.4, -0.2) is 47.6 Å². The van der Waals surface area contributed by atoms with E-state index in [0.717, 1.165) is 25.4 Å². The van der Waals surface area contributed by atoms with Crippen LogP contribution in [0.15, 0.2) is 24.4 Å². The lowest BCUT2D eigenvalue weighted by atomic mass is 9.98. The molecule has 2 atom stereocenters. The standard InChI is InChI=1S/C14H23N3S/c1-17(8-5-13-4-2-3-7-16-13)14(10-15)12-6-9-18-11-12/h2-4,7,12,14H,5-6,8-11,15H2,1H3. The molecule has 0 bridgehead atoms. The minimum atomic E-state index is 0.531. The molecule has 1 aliphatic rings. The SMILES string of the molecule is CN(CCc1ccccn1)C(CN)C1CCSC1. The molecule has 2 rings (SSSR count). The Balaban J connectivity index is 1.83. The summed E-state index contributed by atoms with van der Waals surface area (Å²) in [5.74, 6) is 3.35. The molecular formula is C14H23N3S. The Morgan fingerprint density at radius 2 is 2.44 bits per heavy atom. The fraction of sp³-hybridized carbons (Fsp3) is 0.643. The predicted octanol–water partition coefficient (Wildman–Crippen LogP) is 1.64. The minimum Gasteiger partial charge on any atom is -0.329 e. The van der Waals surface area contributed by atoms with Crippen LogP contribution in [-0.2, 0) is 6.42 Å². The molecule has 0 aromatic carbocycles. The molecule has 2 heterocycles. The van der Waals surface area contributed by atoms with Gasteiger partial charge in [0.05, 0.1) is 0 Å². The number of nitrogens with two attached hydrogens (primary N) is 1. The second-order valence-electron chi connectivity index (χ2n) is 4.98. The van der Waals surface area contributed by atoms with Crippen LogP contribution in [0, 0.1) is 5.92 Å². The van der Waals surface area contributed by atoms with Gasteiger partial charge >= 0.3 is 0 Å². The first kappa shape index (κ1) is 13.8. The molecule has 2 N–H and O–H groups in total. The molecule has 100 valence electrons. The molecule has 18 heavy (non-hydrogen) atoms. The highest BCUT2D eigenvalue weighted by molar-refractivity contribution is 7.99. The van der Waals surface area contributed by atoms with Crippen molar-refractivity contribution < 1.29 is 0 Å². The van der Waals surface area contributed by atoms with E-state index in [1.54, 1.807) is 0 Å². The van der Waals surface area contributed by atoms with E-state index >= 15 is 0 Å². The van der Waals surface area contributed by atoms with Crippen molar-refractivity contribution in [1.82, 2.24) is 9.88 Å². The summed E-state index contributed by atoms with van der Waals surface area (Å²) in [7, 11) is 2.20. The summed E-state index contributed by atoms with van der Waals surface area (Å²) in [6, 6.07) is 6.64. The molecule has 1 aliphatic heterocycles. The van der Waals surface area contributed by atoms with Crippen LogP contribution in [0.1, 0.15) is 12.1 Å². The van der Waals surface area contributed by atoms with Crippen LogP contribution in [0.5, 0.6) is 0 Å². The first-order chi connectivity index (χ1) is 8.81. The molecule has 0 aliphatic carbocycles. The van der Waals surface area contributed by atoms with Gasteiger partial charge in [0.25, 0.3) is 0 Å². The van der Waals surface area contributed by atoms with E-state index in [0.29, 0.717) is 6.04 Å². The number of hydrogen-bond acceptors (Lipinski definition) is 4. The number of rotatable bonds is 6. The number of hydrogen-bond donors (Lipinski definition) is 1. The van der Waals surface area contributed by atoms with E-state index in [1.165, 1.54) is 23.6 Å². The molecular weight excluding hydrogens is 242 g/mol. The van der Waals surface area contributed by atoms with Crippen molar-refractivity contribution in [3.63, 3.8) is 0 Å². The third-order valence-corrected chi connectivity index (χ3v) is 4.95. The Bertz CT molecular complexity index is 338. The van der Waals surface area contributed by atoms with Gasteiger partial charge < -0.3 is 10.6 Å². The van der Waals surface area contributed by atoms with Crippen LogP contribution in [0.4, 0.5) is 0 Å². The zero-order valence-electron chi connectivity index (χ0n) is 11.1. The van der Waals surface area contributed by atoms with Crippen LogP contribution in [0.2, 0.25) is 0 Å². The molecule has 0 radical (unpaired) electrons. The lowest BCUT2D eigenvalue weighted by Gasteiger charge is -2.31. The lowest BCUT2D eigenvalue weighted by molar-refractivity contribution is 0.193.